The molecule has 124 valence electrons. The summed E-state index contributed by atoms with van der Waals surface area (Å²) < 4.78 is 0. The van der Waals surface area contributed by atoms with Crippen LogP contribution in [0.5, 0.6) is 0 Å². The summed E-state index contributed by atoms with van der Waals surface area (Å²) in [5, 5.41) is 2.91. The first-order valence-electron chi connectivity index (χ1n) is 8.05. The first-order chi connectivity index (χ1) is 10.3. The predicted octanol–water partition coefficient (Wildman–Crippen LogP) is 2.45. The average molecular weight is 326 g/mol. The normalized spacial score (nSPS) is 15.7. The molecule has 2 rings (SSSR count). The van der Waals surface area contributed by atoms with Gasteiger partial charge in [-0.15, -0.1) is 12.4 Å². The minimum absolute atomic E-state index is 0. The molecule has 0 saturated carbocycles. The molecule has 0 atom stereocenters. The molecular weight excluding hydrogens is 298 g/mol. The minimum atomic E-state index is 0. The zero-order valence-electron chi connectivity index (χ0n) is 13.2. The van der Waals surface area contributed by atoms with E-state index in [2.05, 4.69) is 34.5 Å². The van der Waals surface area contributed by atoms with Gasteiger partial charge in [0.1, 0.15) is 0 Å². The third-order valence-corrected chi connectivity index (χ3v) is 3.96. The molecule has 0 aromatic heterocycles. The number of rotatable bonds is 6. The molecule has 1 saturated heterocycles. The monoisotopic (exact) mass is 325 g/mol. The van der Waals surface area contributed by atoms with Crippen molar-refractivity contribution in [3.8, 4) is 0 Å². The van der Waals surface area contributed by atoms with Gasteiger partial charge in [-0.2, -0.15) is 0 Å². The second-order valence-electron chi connectivity index (χ2n) is 5.83. The Morgan fingerprint density at radius 2 is 1.82 bits per heavy atom. The maximum Gasteiger partial charge on any atom is 0.221 e. The predicted molar refractivity (Wildman–Crippen MR) is 93.0 cm³/mol. The Labute approximate surface area is 139 Å². The van der Waals surface area contributed by atoms with Crippen molar-refractivity contribution in [2.45, 2.75) is 45.2 Å². The lowest BCUT2D eigenvalue weighted by molar-refractivity contribution is -0.121. The molecule has 1 aliphatic heterocycles. The number of nitrogens with two attached hydrogens (primary N) is 1. The molecule has 1 heterocycles. The fraction of sp³-hybridized carbons (Fsp3) is 0.588. The van der Waals surface area contributed by atoms with Gasteiger partial charge < -0.3 is 11.1 Å². The van der Waals surface area contributed by atoms with E-state index in [0.717, 1.165) is 12.1 Å². The summed E-state index contributed by atoms with van der Waals surface area (Å²) in [7, 11) is 0. The van der Waals surface area contributed by atoms with Crippen LogP contribution in [0.2, 0.25) is 0 Å². The molecule has 1 aromatic rings. The zero-order chi connectivity index (χ0) is 14.9. The Kier molecular flexibility index (Phi) is 9.13. The second kappa shape index (κ2) is 10.6. The van der Waals surface area contributed by atoms with E-state index >= 15 is 0 Å². The molecule has 0 aliphatic carbocycles. The topological polar surface area (TPSA) is 58.4 Å². The van der Waals surface area contributed by atoms with Crippen LogP contribution in [0.1, 0.15) is 43.2 Å². The lowest BCUT2D eigenvalue weighted by Gasteiger charge is -2.20. The highest BCUT2D eigenvalue weighted by atomic mass is 35.5. The van der Waals surface area contributed by atoms with Crippen LogP contribution >= 0.6 is 12.4 Å². The van der Waals surface area contributed by atoms with Crippen LogP contribution in [0.15, 0.2) is 24.3 Å². The highest BCUT2D eigenvalue weighted by molar-refractivity contribution is 5.85. The van der Waals surface area contributed by atoms with Crippen LogP contribution in [0.25, 0.3) is 0 Å². The molecule has 1 aromatic carbocycles. The summed E-state index contributed by atoms with van der Waals surface area (Å²) in [5.74, 6) is 0.0235. The third kappa shape index (κ3) is 6.77. The van der Waals surface area contributed by atoms with E-state index in [4.69, 9.17) is 5.73 Å². The maximum atomic E-state index is 11.5. The van der Waals surface area contributed by atoms with Crippen molar-refractivity contribution in [1.29, 1.82) is 0 Å². The second-order valence-corrected chi connectivity index (χ2v) is 5.83. The largest absolute Gasteiger partial charge is 0.352 e. The van der Waals surface area contributed by atoms with Crippen LogP contribution in [-0.4, -0.2) is 30.4 Å². The van der Waals surface area contributed by atoms with E-state index in [1.54, 1.807) is 0 Å². The maximum absolute atomic E-state index is 11.5. The molecule has 0 unspecified atom stereocenters. The van der Waals surface area contributed by atoms with Gasteiger partial charge in [0.15, 0.2) is 0 Å². The van der Waals surface area contributed by atoms with Gasteiger partial charge in [0.25, 0.3) is 0 Å². The number of carbonyl (C=O) groups excluding carboxylic acids is 1. The lowest BCUT2D eigenvalue weighted by atomic mass is 10.1. The van der Waals surface area contributed by atoms with Gasteiger partial charge in [-0.05, 0) is 37.1 Å². The molecule has 1 aliphatic rings. The number of hydrogen-bond donors (Lipinski definition) is 2. The number of benzene rings is 1. The van der Waals surface area contributed by atoms with Crippen LogP contribution in [0.3, 0.4) is 0 Å². The Balaban J connectivity index is 0.00000242. The van der Waals surface area contributed by atoms with Gasteiger partial charge in [-0.25, -0.2) is 0 Å². The first kappa shape index (κ1) is 18.9. The number of amides is 1. The van der Waals surface area contributed by atoms with Crippen molar-refractivity contribution in [2.75, 3.05) is 19.6 Å². The fourth-order valence-corrected chi connectivity index (χ4v) is 2.81. The van der Waals surface area contributed by atoms with E-state index in [-0.39, 0.29) is 18.3 Å². The molecule has 22 heavy (non-hydrogen) atoms. The van der Waals surface area contributed by atoms with Crippen molar-refractivity contribution in [3.63, 3.8) is 0 Å². The van der Waals surface area contributed by atoms with Crippen molar-refractivity contribution < 1.29 is 4.79 Å². The Morgan fingerprint density at radius 3 is 2.50 bits per heavy atom. The molecular formula is C17H28ClN3O. The summed E-state index contributed by atoms with van der Waals surface area (Å²) in [6, 6.07) is 8.52. The number of nitrogens with zero attached hydrogens (tertiary/aromatic N) is 1. The van der Waals surface area contributed by atoms with Gasteiger partial charge in [0.05, 0.1) is 0 Å². The van der Waals surface area contributed by atoms with Crippen molar-refractivity contribution in [1.82, 2.24) is 10.2 Å². The quantitative estimate of drug-likeness (QED) is 0.844. The van der Waals surface area contributed by atoms with Gasteiger partial charge in [0.2, 0.25) is 5.91 Å². The molecule has 1 fully saturated rings. The van der Waals surface area contributed by atoms with Crippen molar-refractivity contribution in [2.24, 2.45) is 5.73 Å². The van der Waals surface area contributed by atoms with Crippen molar-refractivity contribution in [3.05, 3.63) is 35.4 Å². The van der Waals surface area contributed by atoms with E-state index < -0.39 is 0 Å². The molecule has 3 N–H and O–H groups in total. The Hall–Kier alpha value is -1.10. The lowest BCUT2D eigenvalue weighted by Crippen LogP contribution is -2.25. The van der Waals surface area contributed by atoms with Gasteiger partial charge in [0, 0.05) is 26.1 Å². The number of carbonyl (C=O) groups is 1. The molecule has 0 spiro atoms. The third-order valence-electron chi connectivity index (χ3n) is 3.96. The first-order valence-corrected chi connectivity index (χ1v) is 8.05. The van der Waals surface area contributed by atoms with Crippen LogP contribution in [0.4, 0.5) is 0 Å². The number of halogens is 1. The molecule has 1 amide bonds. The zero-order valence-corrected chi connectivity index (χ0v) is 14.0. The fourth-order valence-electron chi connectivity index (χ4n) is 2.81. The smallest absolute Gasteiger partial charge is 0.221 e. The average Bonchev–Trinajstić information content (AvgIpc) is 2.75. The van der Waals surface area contributed by atoms with Crippen LogP contribution in [-0.2, 0) is 17.9 Å². The van der Waals surface area contributed by atoms with Crippen LogP contribution in [0, 0.1) is 0 Å². The molecule has 4 nitrogen and oxygen atoms in total. The van der Waals surface area contributed by atoms with E-state index in [1.807, 2.05) is 0 Å². The van der Waals surface area contributed by atoms with Gasteiger partial charge in [-0.3, -0.25) is 9.69 Å². The van der Waals surface area contributed by atoms with Crippen molar-refractivity contribution >= 4 is 18.3 Å². The molecule has 0 bridgehead atoms. The summed E-state index contributed by atoms with van der Waals surface area (Å²) >= 11 is 0. The Morgan fingerprint density at radius 1 is 1.14 bits per heavy atom. The Bertz CT molecular complexity index is 445. The van der Waals surface area contributed by atoms with E-state index in [9.17, 15) is 4.79 Å². The highest BCUT2D eigenvalue weighted by Crippen LogP contribution is 2.14. The number of nitrogens with one attached hydrogen (secondary N) is 1. The SMILES string of the molecule is Cl.NCCC(=O)NCc1cccc(CN2CCCCCC2)c1. The summed E-state index contributed by atoms with van der Waals surface area (Å²) in [4.78, 5) is 14.0. The standard InChI is InChI=1S/C17H27N3O.ClH/c18-9-8-17(21)19-13-15-6-5-7-16(12-15)14-20-10-3-1-2-4-11-20;/h5-7,12H,1-4,8-11,13-14,18H2,(H,19,21);1H. The summed E-state index contributed by atoms with van der Waals surface area (Å²) in [6.07, 6.45) is 5.75. The molecule has 0 radical (unpaired) electrons. The highest BCUT2D eigenvalue weighted by Gasteiger charge is 2.09. The number of likely N-dealkylation sites (tertiary alicyclic amines) is 1. The van der Waals surface area contributed by atoms with Gasteiger partial charge >= 0.3 is 0 Å². The summed E-state index contributed by atoms with van der Waals surface area (Å²) in [6.45, 7) is 4.42. The van der Waals surface area contributed by atoms with Gasteiger partial charge in [-0.1, -0.05) is 37.1 Å². The summed E-state index contributed by atoms with van der Waals surface area (Å²) in [5.41, 5.74) is 7.87. The molecule has 5 heteroatoms. The van der Waals surface area contributed by atoms with E-state index in [1.165, 1.54) is 44.3 Å². The minimum Gasteiger partial charge on any atom is -0.352 e. The number of hydrogen-bond acceptors (Lipinski definition) is 3. The van der Waals surface area contributed by atoms with E-state index in [0.29, 0.717) is 19.5 Å². The van der Waals surface area contributed by atoms with Crippen LogP contribution < -0.4 is 11.1 Å².